The van der Waals surface area contributed by atoms with Crippen molar-refractivity contribution in [1.29, 1.82) is 0 Å². The zero-order valence-corrected chi connectivity index (χ0v) is 9.07. The Morgan fingerprint density at radius 3 is 2.75 bits per heavy atom. The fourth-order valence-corrected chi connectivity index (χ4v) is 1.31. The van der Waals surface area contributed by atoms with Gasteiger partial charge in [0, 0.05) is 6.04 Å². The van der Waals surface area contributed by atoms with Gasteiger partial charge < -0.3 is 16.2 Å². The van der Waals surface area contributed by atoms with Crippen molar-refractivity contribution in [3.05, 3.63) is 29.6 Å². The topological polar surface area (TPSA) is 78.3 Å². The highest BCUT2D eigenvalue weighted by Gasteiger charge is 2.07. The fraction of sp³-hybridized carbons (Fsp3) is 0.364. The van der Waals surface area contributed by atoms with E-state index in [1.165, 1.54) is 12.1 Å². The lowest BCUT2D eigenvalue weighted by molar-refractivity contribution is -0.120. The molecule has 0 aromatic heterocycles. The number of hydrogen-bond donors (Lipinski definition) is 2. The monoisotopic (exact) mass is 226 g/mol. The summed E-state index contributed by atoms with van der Waals surface area (Å²) in [5.74, 6) is -1.13. The van der Waals surface area contributed by atoms with Gasteiger partial charge in [0.2, 0.25) is 0 Å². The van der Waals surface area contributed by atoms with Crippen molar-refractivity contribution in [2.45, 2.75) is 19.4 Å². The van der Waals surface area contributed by atoms with Gasteiger partial charge in [0.15, 0.2) is 18.2 Å². The Balaban J connectivity index is 2.71. The summed E-state index contributed by atoms with van der Waals surface area (Å²) in [6, 6.07) is 4.50. The molecule has 1 atom stereocenters. The standard InChI is InChI=1S/C11H15FN2O2/c1-7(13)4-8-2-3-10(9(12)5-8)16-6-11(14)15/h2-3,5,7H,4,6,13H2,1H3,(H2,14,15). The highest BCUT2D eigenvalue weighted by Crippen LogP contribution is 2.18. The highest BCUT2D eigenvalue weighted by molar-refractivity contribution is 5.75. The molecule has 1 rings (SSSR count). The van der Waals surface area contributed by atoms with Crippen molar-refractivity contribution in [3.63, 3.8) is 0 Å². The van der Waals surface area contributed by atoms with Crippen molar-refractivity contribution in [2.24, 2.45) is 11.5 Å². The number of halogens is 1. The quantitative estimate of drug-likeness (QED) is 0.770. The average Bonchev–Trinajstić information content (AvgIpc) is 2.15. The van der Waals surface area contributed by atoms with Crippen molar-refractivity contribution < 1.29 is 13.9 Å². The summed E-state index contributed by atoms with van der Waals surface area (Å²) in [4.78, 5) is 10.5. The summed E-state index contributed by atoms with van der Waals surface area (Å²) in [6.45, 7) is 1.51. The Morgan fingerprint density at radius 1 is 1.56 bits per heavy atom. The minimum absolute atomic E-state index is 0.0206. The van der Waals surface area contributed by atoms with Crippen LogP contribution in [0.2, 0.25) is 0 Å². The molecule has 0 fully saturated rings. The number of nitrogens with two attached hydrogens (primary N) is 2. The minimum atomic E-state index is -0.640. The minimum Gasteiger partial charge on any atom is -0.481 e. The Kier molecular flexibility index (Phi) is 4.25. The maximum atomic E-state index is 13.4. The van der Waals surface area contributed by atoms with Crippen molar-refractivity contribution in [2.75, 3.05) is 6.61 Å². The summed E-state index contributed by atoms with van der Waals surface area (Å²) in [6.07, 6.45) is 0.590. The molecule has 0 aliphatic rings. The molecule has 1 aromatic rings. The third-order valence-electron chi connectivity index (χ3n) is 1.92. The number of amides is 1. The van der Waals surface area contributed by atoms with Crippen LogP contribution in [0.4, 0.5) is 4.39 Å². The predicted octanol–water partition coefficient (Wildman–Crippen LogP) is 0.579. The van der Waals surface area contributed by atoms with Gasteiger partial charge in [-0.2, -0.15) is 0 Å². The van der Waals surface area contributed by atoms with E-state index in [9.17, 15) is 9.18 Å². The van der Waals surface area contributed by atoms with Crippen molar-refractivity contribution >= 4 is 5.91 Å². The van der Waals surface area contributed by atoms with Crippen LogP contribution in [-0.2, 0) is 11.2 Å². The molecule has 0 spiro atoms. The van der Waals surface area contributed by atoms with Gasteiger partial charge in [0.05, 0.1) is 0 Å². The second-order valence-electron chi connectivity index (χ2n) is 3.70. The van der Waals surface area contributed by atoms with E-state index in [0.717, 1.165) is 5.56 Å². The molecule has 0 heterocycles. The van der Waals surface area contributed by atoms with Crippen LogP contribution in [-0.4, -0.2) is 18.6 Å². The lowest BCUT2D eigenvalue weighted by atomic mass is 10.1. The van der Waals surface area contributed by atoms with Crippen molar-refractivity contribution in [1.82, 2.24) is 0 Å². The predicted molar refractivity (Wildman–Crippen MR) is 58.4 cm³/mol. The molecule has 88 valence electrons. The van der Waals surface area contributed by atoms with Crippen LogP contribution in [0.1, 0.15) is 12.5 Å². The highest BCUT2D eigenvalue weighted by atomic mass is 19.1. The van der Waals surface area contributed by atoms with Crippen LogP contribution in [0.25, 0.3) is 0 Å². The van der Waals surface area contributed by atoms with Crippen LogP contribution < -0.4 is 16.2 Å². The number of ether oxygens (including phenoxy) is 1. The second-order valence-corrected chi connectivity index (χ2v) is 3.70. The third kappa shape index (κ3) is 3.86. The summed E-state index contributed by atoms with van der Waals surface area (Å²) in [5, 5.41) is 0. The average molecular weight is 226 g/mol. The normalized spacial score (nSPS) is 12.2. The number of benzene rings is 1. The van der Waals surface area contributed by atoms with Gasteiger partial charge in [-0.25, -0.2) is 4.39 Å². The molecule has 0 saturated heterocycles. The summed E-state index contributed by atoms with van der Waals surface area (Å²) >= 11 is 0. The molecule has 1 amide bonds. The molecule has 0 radical (unpaired) electrons. The third-order valence-corrected chi connectivity index (χ3v) is 1.92. The maximum Gasteiger partial charge on any atom is 0.255 e. The van der Waals surface area contributed by atoms with Crippen LogP contribution in [0.5, 0.6) is 5.75 Å². The second kappa shape index (κ2) is 5.46. The smallest absolute Gasteiger partial charge is 0.255 e. The number of primary amides is 1. The zero-order chi connectivity index (χ0) is 12.1. The Bertz CT molecular complexity index is 380. The molecule has 0 aliphatic heterocycles. The van der Waals surface area contributed by atoms with E-state index in [1.54, 1.807) is 6.07 Å². The molecular weight excluding hydrogens is 211 g/mol. The number of carbonyl (C=O) groups excluding carboxylic acids is 1. The van der Waals surface area contributed by atoms with E-state index in [2.05, 4.69) is 0 Å². The Hall–Kier alpha value is -1.62. The molecule has 0 saturated carbocycles. The molecular formula is C11H15FN2O2. The SMILES string of the molecule is CC(N)Cc1ccc(OCC(N)=O)c(F)c1. The molecule has 4 nitrogen and oxygen atoms in total. The van der Waals surface area contributed by atoms with E-state index in [-0.39, 0.29) is 18.4 Å². The molecule has 4 N–H and O–H groups in total. The van der Waals surface area contributed by atoms with Crippen molar-refractivity contribution in [3.8, 4) is 5.75 Å². The molecule has 0 bridgehead atoms. The first kappa shape index (κ1) is 12.4. The van der Waals surface area contributed by atoms with Crippen LogP contribution in [0.15, 0.2) is 18.2 Å². The maximum absolute atomic E-state index is 13.4. The lowest BCUT2D eigenvalue weighted by Crippen LogP contribution is -2.20. The van der Waals surface area contributed by atoms with Gasteiger partial charge in [-0.15, -0.1) is 0 Å². The first-order chi connectivity index (χ1) is 7.49. The van der Waals surface area contributed by atoms with E-state index < -0.39 is 11.7 Å². The van der Waals surface area contributed by atoms with E-state index in [4.69, 9.17) is 16.2 Å². The van der Waals surface area contributed by atoms with E-state index in [1.807, 2.05) is 6.92 Å². The van der Waals surface area contributed by atoms with E-state index >= 15 is 0 Å². The van der Waals surface area contributed by atoms with Crippen LogP contribution >= 0.6 is 0 Å². The van der Waals surface area contributed by atoms with E-state index in [0.29, 0.717) is 6.42 Å². The van der Waals surface area contributed by atoms with Gasteiger partial charge in [-0.1, -0.05) is 6.07 Å². The summed E-state index contributed by atoms with van der Waals surface area (Å²) in [7, 11) is 0. The summed E-state index contributed by atoms with van der Waals surface area (Å²) < 4.78 is 18.3. The lowest BCUT2D eigenvalue weighted by Gasteiger charge is -2.08. The Labute approximate surface area is 93.4 Å². The number of rotatable bonds is 5. The first-order valence-electron chi connectivity index (χ1n) is 4.94. The van der Waals surface area contributed by atoms with Gasteiger partial charge in [-0.05, 0) is 31.0 Å². The summed E-state index contributed by atoms with van der Waals surface area (Å²) in [5.41, 5.74) is 11.3. The first-order valence-corrected chi connectivity index (χ1v) is 4.94. The molecule has 1 aromatic carbocycles. The van der Waals surface area contributed by atoms with Crippen LogP contribution in [0.3, 0.4) is 0 Å². The molecule has 1 unspecified atom stereocenters. The van der Waals surface area contributed by atoms with Gasteiger partial charge in [0.1, 0.15) is 0 Å². The largest absolute Gasteiger partial charge is 0.481 e. The number of hydrogen-bond acceptors (Lipinski definition) is 3. The molecule has 16 heavy (non-hydrogen) atoms. The molecule has 5 heteroatoms. The Morgan fingerprint density at radius 2 is 2.25 bits per heavy atom. The molecule has 0 aliphatic carbocycles. The zero-order valence-electron chi connectivity index (χ0n) is 9.07. The number of carbonyl (C=O) groups is 1. The van der Waals surface area contributed by atoms with Crippen LogP contribution in [0, 0.1) is 5.82 Å². The van der Waals surface area contributed by atoms with Gasteiger partial charge >= 0.3 is 0 Å². The fourth-order valence-electron chi connectivity index (χ4n) is 1.31. The van der Waals surface area contributed by atoms with Gasteiger partial charge in [-0.3, -0.25) is 4.79 Å². The van der Waals surface area contributed by atoms with Gasteiger partial charge in [0.25, 0.3) is 5.91 Å².